The average Bonchev–Trinajstić information content (AvgIpc) is 2.82. The minimum atomic E-state index is -0.142. The smallest absolute Gasteiger partial charge is 0.240 e. The van der Waals surface area contributed by atoms with Crippen molar-refractivity contribution in [2.24, 2.45) is 0 Å². The monoisotopic (exact) mass is 242 g/mol. The van der Waals surface area contributed by atoms with Crippen molar-refractivity contribution in [1.82, 2.24) is 10.2 Å². The highest BCUT2D eigenvalue weighted by Gasteiger charge is 2.31. The summed E-state index contributed by atoms with van der Waals surface area (Å²) in [7, 11) is 3.30. The lowest BCUT2D eigenvalue weighted by molar-refractivity contribution is -0.133. The van der Waals surface area contributed by atoms with E-state index < -0.39 is 0 Å². The van der Waals surface area contributed by atoms with Crippen molar-refractivity contribution in [1.29, 1.82) is 0 Å². The molecule has 0 aromatic rings. The number of nitrogens with zero attached hydrogens (tertiary/aromatic N) is 1. The van der Waals surface area contributed by atoms with Crippen LogP contribution in [0.15, 0.2) is 12.7 Å². The zero-order valence-electron chi connectivity index (χ0n) is 10.6. The number of hydrogen-bond acceptors (Lipinski definition) is 4. The first-order valence-electron chi connectivity index (χ1n) is 5.87. The molecule has 1 aliphatic rings. The standard InChI is InChI=1S/C12H22N2O3/c1-4-5-14(6-7-16-2)12(15)11-8-10(17-3)9-13-11/h4,10-11,13H,1,5-9H2,2-3H3. The van der Waals surface area contributed by atoms with Crippen molar-refractivity contribution < 1.29 is 14.3 Å². The molecule has 1 amide bonds. The first-order chi connectivity index (χ1) is 8.22. The van der Waals surface area contributed by atoms with Crippen molar-refractivity contribution in [3.63, 3.8) is 0 Å². The molecule has 2 unspecified atom stereocenters. The normalized spacial score (nSPS) is 23.6. The van der Waals surface area contributed by atoms with E-state index in [4.69, 9.17) is 9.47 Å². The van der Waals surface area contributed by atoms with Crippen molar-refractivity contribution in [2.75, 3.05) is 40.5 Å². The third kappa shape index (κ3) is 4.11. The quantitative estimate of drug-likeness (QED) is 0.640. The maximum absolute atomic E-state index is 12.2. The van der Waals surface area contributed by atoms with Gasteiger partial charge in [0.1, 0.15) is 0 Å². The van der Waals surface area contributed by atoms with Gasteiger partial charge in [-0.25, -0.2) is 0 Å². The van der Waals surface area contributed by atoms with Gasteiger partial charge in [-0.15, -0.1) is 6.58 Å². The number of methoxy groups -OCH3 is 2. The van der Waals surface area contributed by atoms with E-state index >= 15 is 0 Å². The number of rotatable bonds is 7. The molecule has 1 N–H and O–H groups in total. The number of carbonyl (C=O) groups excluding carboxylic acids is 1. The molecule has 5 nitrogen and oxygen atoms in total. The summed E-state index contributed by atoms with van der Waals surface area (Å²) in [5.41, 5.74) is 0. The molecular weight excluding hydrogens is 220 g/mol. The maximum atomic E-state index is 12.2. The summed E-state index contributed by atoms with van der Waals surface area (Å²) >= 11 is 0. The Bertz CT molecular complexity index is 258. The highest BCUT2D eigenvalue weighted by atomic mass is 16.5. The third-order valence-electron chi connectivity index (χ3n) is 2.95. The van der Waals surface area contributed by atoms with Crippen LogP contribution in [0.25, 0.3) is 0 Å². The second-order valence-electron chi connectivity index (χ2n) is 4.12. The summed E-state index contributed by atoms with van der Waals surface area (Å²) < 4.78 is 10.2. The van der Waals surface area contributed by atoms with Crippen LogP contribution in [0, 0.1) is 0 Å². The van der Waals surface area contributed by atoms with Crippen LogP contribution in [0.3, 0.4) is 0 Å². The number of carbonyl (C=O) groups is 1. The molecule has 17 heavy (non-hydrogen) atoms. The highest BCUT2D eigenvalue weighted by molar-refractivity contribution is 5.82. The summed E-state index contributed by atoms with van der Waals surface area (Å²) in [6.45, 7) is 6.09. The van der Waals surface area contributed by atoms with Crippen molar-refractivity contribution in [3.05, 3.63) is 12.7 Å². The molecule has 98 valence electrons. The van der Waals surface area contributed by atoms with Gasteiger partial charge in [0.05, 0.1) is 18.8 Å². The lowest BCUT2D eigenvalue weighted by Gasteiger charge is -2.24. The topological polar surface area (TPSA) is 50.8 Å². The fourth-order valence-corrected chi connectivity index (χ4v) is 1.94. The lowest BCUT2D eigenvalue weighted by atomic mass is 10.1. The first-order valence-corrected chi connectivity index (χ1v) is 5.87. The molecule has 0 aromatic heterocycles. The number of hydrogen-bond donors (Lipinski definition) is 1. The van der Waals surface area contributed by atoms with Crippen molar-refractivity contribution in [2.45, 2.75) is 18.6 Å². The predicted octanol–water partition coefficient (Wildman–Crippen LogP) is 0.0243. The largest absolute Gasteiger partial charge is 0.383 e. The Balaban J connectivity index is 2.49. The molecule has 0 spiro atoms. The van der Waals surface area contributed by atoms with Gasteiger partial charge in [-0.3, -0.25) is 4.79 Å². The SMILES string of the molecule is C=CCN(CCOC)C(=O)C1CC(OC)CN1. The molecule has 0 aromatic carbocycles. The van der Waals surface area contributed by atoms with E-state index in [1.54, 1.807) is 25.2 Å². The minimum Gasteiger partial charge on any atom is -0.383 e. The molecule has 1 saturated heterocycles. The van der Waals surface area contributed by atoms with Crippen LogP contribution in [-0.4, -0.2) is 63.4 Å². The molecular formula is C12H22N2O3. The Morgan fingerprint density at radius 3 is 2.88 bits per heavy atom. The van der Waals surface area contributed by atoms with E-state index in [0.717, 1.165) is 13.0 Å². The van der Waals surface area contributed by atoms with Gasteiger partial charge >= 0.3 is 0 Å². The fourth-order valence-electron chi connectivity index (χ4n) is 1.94. The summed E-state index contributed by atoms with van der Waals surface area (Å²) in [6, 6.07) is -0.142. The van der Waals surface area contributed by atoms with E-state index in [1.807, 2.05) is 0 Å². The number of amides is 1. The van der Waals surface area contributed by atoms with E-state index in [9.17, 15) is 4.79 Å². The van der Waals surface area contributed by atoms with Crippen LogP contribution < -0.4 is 5.32 Å². The lowest BCUT2D eigenvalue weighted by Crippen LogP contribution is -2.44. The second-order valence-corrected chi connectivity index (χ2v) is 4.12. The summed E-state index contributed by atoms with van der Waals surface area (Å²) in [6.07, 6.45) is 2.60. The van der Waals surface area contributed by atoms with E-state index in [0.29, 0.717) is 19.7 Å². The van der Waals surface area contributed by atoms with E-state index in [2.05, 4.69) is 11.9 Å². The molecule has 0 radical (unpaired) electrons. The Morgan fingerprint density at radius 2 is 2.35 bits per heavy atom. The van der Waals surface area contributed by atoms with Gasteiger partial charge in [-0.1, -0.05) is 6.08 Å². The van der Waals surface area contributed by atoms with Crippen LogP contribution >= 0.6 is 0 Å². The zero-order chi connectivity index (χ0) is 12.7. The molecule has 0 aliphatic carbocycles. The fraction of sp³-hybridized carbons (Fsp3) is 0.750. The van der Waals surface area contributed by atoms with Gasteiger partial charge < -0.3 is 19.7 Å². The minimum absolute atomic E-state index is 0.0986. The number of ether oxygens (including phenoxy) is 2. The van der Waals surface area contributed by atoms with Gasteiger partial charge in [0.15, 0.2) is 0 Å². The Kier molecular flexibility index (Phi) is 6.18. The van der Waals surface area contributed by atoms with Crippen LogP contribution in [-0.2, 0) is 14.3 Å². The Morgan fingerprint density at radius 1 is 1.59 bits per heavy atom. The average molecular weight is 242 g/mol. The molecule has 0 saturated carbocycles. The Hall–Kier alpha value is -0.910. The number of nitrogens with one attached hydrogen (secondary N) is 1. The molecule has 1 rings (SSSR count). The van der Waals surface area contributed by atoms with Gasteiger partial charge in [0.25, 0.3) is 0 Å². The van der Waals surface area contributed by atoms with Crippen molar-refractivity contribution >= 4 is 5.91 Å². The molecule has 1 aliphatic heterocycles. The van der Waals surface area contributed by atoms with Crippen molar-refractivity contribution in [3.8, 4) is 0 Å². The Labute approximate surface area is 103 Å². The van der Waals surface area contributed by atoms with Gasteiger partial charge in [0, 0.05) is 33.9 Å². The molecule has 1 heterocycles. The molecule has 0 bridgehead atoms. The van der Waals surface area contributed by atoms with Gasteiger partial charge in [0.2, 0.25) is 5.91 Å². The maximum Gasteiger partial charge on any atom is 0.240 e. The molecule has 1 fully saturated rings. The highest BCUT2D eigenvalue weighted by Crippen LogP contribution is 2.12. The summed E-state index contributed by atoms with van der Waals surface area (Å²) in [4.78, 5) is 14.0. The molecule has 5 heteroatoms. The molecule has 2 atom stereocenters. The first kappa shape index (κ1) is 14.2. The van der Waals surface area contributed by atoms with Crippen LogP contribution in [0.4, 0.5) is 0 Å². The van der Waals surface area contributed by atoms with Gasteiger partial charge in [-0.05, 0) is 6.42 Å². The van der Waals surface area contributed by atoms with Crippen LogP contribution in [0.2, 0.25) is 0 Å². The predicted molar refractivity (Wildman–Crippen MR) is 65.9 cm³/mol. The van der Waals surface area contributed by atoms with Gasteiger partial charge in [-0.2, -0.15) is 0 Å². The zero-order valence-corrected chi connectivity index (χ0v) is 10.6. The third-order valence-corrected chi connectivity index (χ3v) is 2.95. The van der Waals surface area contributed by atoms with Crippen LogP contribution in [0.1, 0.15) is 6.42 Å². The summed E-state index contributed by atoms with van der Waals surface area (Å²) in [5, 5.41) is 3.18. The van der Waals surface area contributed by atoms with E-state index in [-0.39, 0.29) is 18.1 Å². The van der Waals surface area contributed by atoms with Crippen LogP contribution in [0.5, 0.6) is 0 Å². The second kappa shape index (κ2) is 7.42. The van der Waals surface area contributed by atoms with E-state index in [1.165, 1.54) is 0 Å². The summed E-state index contributed by atoms with van der Waals surface area (Å²) in [5.74, 6) is 0.0986.